The fourth-order valence-electron chi connectivity index (χ4n) is 4.19. The van der Waals surface area contributed by atoms with Crippen LogP contribution in [-0.4, -0.2) is 63.5 Å². The van der Waals surface area contributed by atoms with Gasteiger partial charge >= 0.3 is 0 Å². The maximum Gasteiger partial charge on any atom is 0.228 e. The van der Waals surface area contributed by atoms with Crippen LogP contribution in [0.5, 0.6) is 0 Å². The smallest absolute Gasteiger partial charge is 0.228 e. The van der Waals surface area contributed by atoms with Crippen LogP contribution in [0, 0.1) is 23.7 Å². The number of nitrogens with one attached hydrogen (secondary N) is 2. The summed E-state index contributed by atoms with van der Waals surface area (Å²) >= 11 is 0. The van der Waals surface area contributed by atoms with E-state index in [-0.39, 0.29) is 24.9 Å². The third kappa shape index (κ3) is 5.05. The Labute approximate surface area is 201 Å². The maximum absolute atomic E-state index is 13.4. The van der Waals surface area contributed by atoms with Gasteiger partial charge in [0.2, 0.25) is 5.91 Å². The van der Waals surface area contributed by atoms with E-state index in [1.165, 1.54) is 0 Å². The fourth-order valence-corrected chi connectivity index (χ4v) is 4.19. The molecule has 0 unspecified atom stereocenters. The summed E-state index contributed by atoms with van der Waals surface area (Å²) in [4.78, 5) is 22.8. The van der Waals surface area contributed by atoms with E-state index in [2.05, 4.69) is 42.6 Å². The number of alkyl halides is 2. The van der Waals surface area contributed by atoms with Gasteiger partial charge in [-0.15, -0.1) is 10.2 Å². The Kier molecular flexibility index (Phi) is 6.26. The summed E-state index contributed by atoms with van der Waals surface area (Å²) in [6, 6.07) is 5.38. The quantitative estimate of drug-likeness (QED) is 0.546. The third-order valence-electron chi connectivity index (χ3n) is 6.38. The molecule has 0 bridgehead atoms. The van der Waals surface area contributed by atoms with Gasteiger partial charge in [-0.3, -0.25) is 9.69 Å². The molecule has 1 amide bonds. The van der Waals surface area contributed by atoms with E-state index in [1.54, 1.807) is 36.5 Å². The number of fused-ring (bicyclic) bond motifs is 1. The summed E-state index contributed by atoms with van der Waals surface area (Å²) in [5.41, 5.74) is 2.58. The van der Waals surface area contributed by atoms with Crippen molar-refractivity contribution in [2.45, 2.75) is 32.2 Å². The van der Waals surface area contributed by atoms with Crippen molar-refractivity contribution in [3.63, 3.8) is 0 Å². The summed E-state index contributed by atoms with van der Waals surface area (Å²) in [6.07, 6.45) is 1.33. The summed E-state index contributed by atoms with van der Waals surface area (Å²) in [7, 11) is 1.74. The first kappa shape index (κ1) is 23.1. The van der Waals surface area contributed by atoms with Gasteiger partial charge in [0.1, 0.15) is 23.6 Å². The number of hydrogen-bond acceptors (Lipinski definition) is 7. The van der Waals surface area contributed by atoms with Gasteiger partial charge in [-0.2, -0.15) is 0 Å². The van der Waals surface area contributed by atoms with Crippen LogP contribution in [0.2, 0.25) is 0 Å². The first-order chi connectivity index (χ1) is 16.9. The van der Waals surface area contributed by atoms with Gasteiger partial charge in [0.15, 0.2) is 11.6 Å². The SMILES string of the molecule is CNc1ncc(C#Cc2ccc(CN3C[C@@H](F)[C@@H](F)C3)cn2)c2cc(NC(=O)[C@H]3C[C@H]3C)nnc12. The first-order valence-corrected chi connectivity index (χ1v) is 11.5. The summed E-state index contributed by atoms with van der Waals surface area (Å²) < 4.78 is 26.8. The number of nitrogens with zero attached hydrogens (tertiary/aromatic N) is 5. The maximum atomic E-state index is 13.4. The Morgan fingerprint density at radius 1 is 1.14 bits per heavy atom. The zero-order chi connectivity index (χ0) is 24.5. The second-order valence-corrected chi connectivity index (χ2v) is 9.10. The van der Waals surface area contributed by atoms with Gasteiger partial charge in [-0.05, 0) is 36.0 Å². The minimum absolute atomic E-state index is 0.0217. The number of carbonyl (C=O) groups excluding carboxylic acids is 1. The zero-order valence-corrected chi connectivity index (χ0v) is 19.4. The molecular formula is C25H25F2N7O. The number of amides is 1. The monoisotopic (exact) mass is 477 g/mol. The third-order valence-corrected chi connectivity index (χ3v) is 6.38. The average molecular weight is 478 g/mol. The Morgan fingerprint density at radius 2 is 1.91 bits per heavy atom. The molecule has 5 rings (SSSR count). The first-order valence-electron chi connectivity index (χ1n) is 11.5. The molecule has 0 spiro atoms. The van der Waals surface area contributed by atoms with Crippen molar-refractivity contribution in [2.75, 3.05) is 30.8 Å². The Morgan fingerprint density at radius 3 is 2.57 bits per heavy atom. The van der Waals surface area contributed by atoms with E-state index in [4.69, 9.17) is 0 Å². The van der Waals surface area contributed by atoms with Crippen LogP contribution in [0.1, 0.15) is 30.2 Å². The predicted octanol–water partition coefficient (Wildman–Crippen LogP) is 2.95. The highest BCUT2D eigenvalue weighted by Gasteiger charge is 2.39. The second-order valence-electron chi connectivity index (χ2n) is 9.10. The molecule has 1 saturated heterocycles. The number of hydrogen-bond donors (Lipinski definition) is 2. The molecule has 8 nitrogen and oxygen atoms in total. The molecule has 1 saturated carbocycles. The van der Waals surface area contributed by atoms with Crippen molar-refractivity contribution >= 4 is 28.4 Å². The molecule has 180 valence electrons. The van der Waals surface area contributed by atoms with Crippen molar-refractivity contribution < 1.29 is 13.6 Å². The lowest BCUT2D eigenvalue weighted by Gasteiger charge is -2.13. The molecule has 4 heterocycles. The number of pyridine rings is 2. The lowest BCUT2D eigenvalue weighted by atomic mass is 10.1. The number of carbonyl (C=O) groups is 1. The van der Waals surface area contributed by atoms with Gasteiger partial charge in [0.05, 0.1) is 5.56 Å². The molecular weight excluding hydrogens is 452 g/mol. The molecule has 35 heavy (non-hydrogen) atoms. The van der Waals surface area contributed by atoms with Gasteiger partial charge in [0.25, 0.3) is 0 Å². The molecule has 2 fully saturated rings. The van der Waals surface area contributed by atoms with Gasteiger partial charge < -0.3 is 10.6 Å². The average Bonchev–Trinajstić information content (AvgIpc) is 3.51. The van der Waals surface area contributed by atoms with Gasteiger partial charge in [-0.25, -0.2) is 18.7 Å². The van der Waals surface area contributed by atoms with Crippen LogP contribution in [0.4, 0.5) is 20.4 Å². The molecule has 2 N–H and O–H groups in total. The summed E-state index contributed by atoms with van der Waals surface area (Å²) in [5.74, 6) is 7.40. The Bertz CT molecular complexity index is 1310. The van der Waals surface area contributed by atoms with Crippen molar-refractivity contribution in [1.82, 2.24) is 25.1 Å². The molecule has 0 aromatic carbocycles. The molecule has 3 aromatic heterocycles. The van der Waals surface area contributed by atoms with E-state index >= 15 is 0 Å². The Hall–Kier alpha value is -3.71. The van der Waals surface area contributed by atoms with Crippen molar-refractivity contribution in [2.24, 2.45) is 11.8 Å². The lowest BCUT2D eigenvalue weighted by Crippen LogP contribution is -2.20. The van der Waals surface area contributed by atoms with Crippen molar-refractivity contribution in [3.8, 4) is 11.8 Å². The number of rotatable bonds is 5. The molecule has 4 atom stereocenters. The van der Waals surface area contributed by atoms with E-state index < -0.39 is 12.3 Å². The zero-order valence-electron chi connectivity index (χ0n) is 19.4. The highest BCUT2D eigenvalue weighted by atomic mass is 19.2. The van der Waals surface area contributed by atoms with Crippen LogP contribution < -0.4 is 10.6 Å². The largest absolute Gasteiger partial charge is 0.371 e. The minimum atomic E-state index is -1.43. The van der Waals surface area contributed by atoms with Crippen LogP contribution in [-0.2, 0) is 11.3 Å². The van der Waals surface area contributed by atoms with E-state index in [0.717, 1.165) is 12.0 Å². The topological polar surface area (TPSA) is 95.9 Å². The highest BCUT2D eigenvalue weighted by molar-refractivity contribution is 5.97. The standard InChI is InChI=1S/C25H25F2N7O/c1-14-7-18(14)25(35)31-22-8-19-16(10-30-24(28-2)23(19)33-32-22)4-6-17-5-3-15(9-29-17)11-34-12-20(26)21(27)13-34/h3,5,8-10,14,18,20-21H,7,11-13H2,1-2H3,(H,28,30)(H,31,32,35)/t14-,18+,20-,21+/m1/s1. The highest BCUT2D eigenvalue weighted by Crippen LogP contribution is 2.38. The van der Waals surface area contributed by atoms with E-state index in [1.807, 2.05) is 13.0 Å². The van der Waals surface area contributed by atoms with Crippen LogP contribution in [0.15, 0.2) is 30.6 Å². The Balaban J connectivity index is 1.36. The molecule has 1 aliphatic carbocycles. The van der Waals surface area contributed by atoms with Gasteiger partial charge in [0, 0.05) is 50.4 Å². The number of anilines is 2. The molecule has 0 radical (unpaired) electrons. The van der Waals surface area contributed by atoms with Crippen LogP contribution in [0.25, 0.3) is 10.9 Å². The van der Waals surface area contributed by atoms with Crippen molar-refractivity contribution in [3.05, 3.63) is 47.4 Å². The number of aromatic nitrogens is 4. The molecule has 3 aromatic rings. The summed E-state index contributed by atoms with van der Waals surface area (Å²) in [5, 5.41) is 14.9. The predicted molar refractivity (Wildman–Crippen MR) is 128 cm³/mol. The molecule has 1 aliphatic heterocycles. The second kappa shape index (κ2) is 9.50. The normalized spacial score (nSPS) is 23.5. The molecule has 10 heteroatoms. The fraction of sp³-hybridized carbons (Fsp3) is 0.400. The number of likely N-dealkylation sites (tertiary alicyclic amines) is 1. The van der Waals surface area contributed by atoms with Gasteiger partial charge in [-0.1, -0.05) is 18.9 Å². The lowest BCUT2D eigenvalue weighted by molar-refractivity contribution is -0.117. The van der Waals surface area contributed by atoms with E-state index in [9.17, 15) is 13.6 Å². The van der Waals surface area contributed by atoms with E-state index in [0.29, 0.717) is 46.3 Å². The van der Waals surface area contributed by atoms with Crippen molar-refractivity contribution in [1.29, 1.82) is 0 Å². The van der Waals surface area contributed by atoms with Crippen LogP contribution in [0.3, 0.4) is 0 Å². The molecule has 2 aliphatic rings. The number of halogens is 2. The summed E-state index contributed by atoms with van der Waals surface area (Å²) in [6.45, 7) is 2.67. The van der Waals surface area contributed by atoms with Crippen LogP contribution >= 0.6 is 0 Å². The minimum Gasteiger partial charge on any atom is -0.371 e.